The van der Waals surface area contributed by atoms with Crippen LogP contribution in [0.15, 0.2) is 57.7 Å². The van der Waals surface area contributed by atoms with E-state index in [4.69, 9.17) is 9.15 Å². The number of benzene rings is 2. The maximum Gasteiger partial charge on any atom is 0.337 e. The predicted molar refractivity (Wildman–Crippen MR) is 106 cm³/mol. The second-order valence-electron chi connectivity index (χ2n) is 6.33. The highest BCUT2D eigenvalue weighted by atomic mass is 16.5. The molecule has 0 atom stereocenters. The molecule has 28 heavy (non-hydrogen) atoms. The summed E-state index contributed by atoms with van der Waals surface area (Å²) in [6.07, 6.45) is 0. The summed E-state index contributed by atoms with van der Waals surface area (Å²) >= 11 is 0. The molecule has 0 saturated heterocycles. The summed E-state index contributed by atoms with van der Waals surface area (Å²) < 4.78 is 12.6. The van der Waals surface area contributed by atoms with Gasteiger partial charge in [0.05, 0.1) is 29.7 Å². The van der Waals surface area contributed by atoms with Gasteiger partial charge in [-0.3, -0.25) is 4.79 Å². The lowest BCUT2D eigenvalue weighted by Gasteiger charge is -2.09. The molecule has 2 heterocycles. The Bertz CT molecular complexity index is 1240. The van der Waals surface area contributed by atoms with Crippen molar-refractivity contribution in [3.05, 3.63) is 70.3 Å². The Kier molecular flexibility index (Phi) is 4.57. The van der Waals surface area contributed by atoms with Crippen molar-refractivity contribution >= 4 is 27.9 Å². The van der Waals surface area contributed by atoms with Gasteiger partial charge in [-0.25, -0.2) is 9.78 Å². The average molecular weight is 377 g/mol. The Morgan fingerprint density at radius 2 is 2.04 bits per heavy atom. The first-order valence-electron chi connectivity index (χ1n) is 8.96. The van der Waals surface area contributed by atoms with E-state index in [2.05, 4.69) is 10.3 Å². The van der Waals surface area contributed by atoms with E-state index < -0.39 is 5.63 Å². The van der Waals surface area contributed by atoms with E-state index in [9.17, 15) is 9.59 Å². The standard InChI is InChI=1S/C21H19N3O4/c1-3-27-13-8-9-14-15(11-20(25)28-18(14)10-13)21(26)22-12-19-23-16-6-4-5-7-17(16)24(19)2/h4-11H,3,12H2,1-2H3,(H,22,26). The van der Waals surface area contributed by atoms with Gasteiger partial charge in [0.15, 0.2) is 0 Å². The van der Waals surface area contributed by atoms with Crippen LogP contribution in [0.1, 0.15) is 23.1 Å². The number of hydrogen-bond donors (Lipinski definition) is 1. The highest BCUT2D eigenvalue weighted by molar-refractivity contribution is 6.05. The van der Waals surface area contributed by atoms with E-state index >= 15 is 0 Å². The van der Waals surface area contributed by atoms with Crippen LogP contribution in [0, 0.1) is 0 Å². The molecule has 2 aromatic heterocycles. The molecule has 0 unspecified atom stereocenters. The summed E-state index contributed by atoms with van der Waals surface area (Å²) in [6, 6.07) is 14.0. The average Bonchev–Trinajstić information content (AvgIpc) is 3.01. The number of nitrogens with one attached hydrogen (secondary N) is 1. The zero-order chi connectivity index (χ0) is 19.7. The molecule has 142 valence electrons. The zero-order valence-electron chi connectivity index (χ0n) is 15.6. The lowest BCUT2D eigenvalue weighted by Crippen LogP contribution is -2.25. The molecular formula is C21H19N3O4. The number of fused-ring (bicyclic) bond motifs is 2. The Balaban J connectivity index is 1.63. The Morgan fingerprint density at radius 3 is 2.82 bits per heavy atom. The monoisotopic (exact) mass is 377 g/mol. The SMILES string of the molecule is CCOc1ccc2c(C(=O)NCc3nc4ccccc4n3C)cc(=O)oc2c1. The first-order chi connectivity index (χ1) is 13.6. The third-order valence-corrected chi connectivity index (χ3v) is 4.56. The molecule has 4 aromatic rings. The minimum absolute atomic E-state index is 0.239. The van der Waals surface area contributed by atoms with Crippen LogP contribution < -0.4 is 15.7 Å². The summed E-state index contributed by atoms with van der Waals surface area (Å²) in [6.45, 7) is 2.60. The zero-order valence-corrected chi connectivity index (χ0v) is 15.6. The Morgan fingerprint density at radius 1 is 1.21 bits per heavy atom. The molecule has 0 saturated carbocycles. The number of hydrogen-bond acceptors (Lipinski definition) is 5. The minimum atomic E-state index is -0.589. The fourth-order valence-electron chi connectivity index (χ4n) is 3.20. The number of rotatable bonds is 5. The minimum Gasteiger partial charge on any atom is -0.494 e. The molecule has 7 nitrogen and oxygen atoms in total. The van der Waals surface area contributed by atoms with Gasteiger partial charge in [-0.05, 0) is 31.2 Å². The van der Waals surface area contributed by atoms with Crippen LogP contribution in [-0.2, 0) is 13.6 Å². The number of aromatic nitrogens is 2. The molecule has 0 aliphatic carbocycles. The van der Waals surface area contributed by atoms with Gasteiger partial charge in [0.25, 0.3) is 5.91 Å². The number of carbonyl (C=O) groups is 1. The van der Waals surface area contributed by atoms with E-state index in [0.717, 1.165) is 16.9 Å². The maximum absolute atomic E-state index is 12.8. The van der Waals surface area contributed by atoms with Crippen molar-refractivity contribution in [2.75, 3.05) is 6.61 Å². The number of imidazole rings is 1. The Labute approximate surface area is 160 Å². The van der Waals surface area contributed by atoms with Gasteiger partial charge in [-0.15, -0.1) is 0 Å². The van der Waals surface area contributed by atoms with Crippen LogP contribution >= 0.6 is 0 Å². The van der Waals surface area contributed by atoms with E-state index in [0.29, 0.717) is 23.3 Å². The van der Waals surface area contributed by atoms with Crippen LogP contribution in [0.4, 0.5) is 0 Å². The molecule has 7 heteroatoms. The Hall–Kier alpha value is -3.61. The lowest BCUT2D eigenvalue weighted by atomic mass is 10.1. The molecule has 1 N–H and O–H groups in total. The van der Waals surface area contributed by atoms with Gasteiger partial charge in [0.1, 0.15) is 17.2 Å². The maximum atomic E-state index is 12.8. The number of ether oxygens (including phenoxy) is 1. The van der Waals surface area contributed by atoms with Crippen molar-refractivity contribution in [1.29, 1.82) is 0 Å². The molecule has 1 amide bonds. The lowest BCUT2D eigenvalue weighted by molar-refractivity contribution is 0.0950. The first-order valence-corrected chi connectivity index (χ1v) is 8.96. The third kappa shape index (κ3) is 3.22. The number of nitrogens with zero attached hydrogens (tertiary/aromatic N) is 2. The second kappa shape index (κ2) is 7.19. The van der Waals surface area contributed by atoms with Gasteiger partial charge < -0.3 is 19.0 Å². The van der Waals surface area contributed by atoms with E-state index in [1.54, 1.807) is 18.2 Å². The van der Waals surface area contributed by atoms with Gasteiger partial charge in [0.2, 0.25) is 0 Å². The fraction of sp³-hybridized carbons (Fsp3) is 0.190. The molecule has 2 aromatic carbocycles. The summed E-state index contributed by atoms with van der Waals surface area (Å²) in [7, 11) is 1.90. The van der Waals surface area contributed by atoms with E-state index in [1.807, 2.05) is 42.8 Å². The molecular weight excluding hydrogens is 358 g/mol. The summed E-state index contributed by atoms with van der Waals surface area (Å²) in [5.74, 6) is 0.935. The predicted octanol–water partition coefficient (Wildman–Crippen LogP) is 3.01. The molecule has 0 aliphatic heterocycles. The van der Waals surface area contributed by atoms with Crippen molar-refractivity contribution < 1.29 is 13.9 Å². The fourth-order valence-corrected chi connectivity index (χ4v) is 3.20. The molecule has 4 rings (SSSR count). The second-order valence-corrected chi connectivity index (χ2v) is 6.33. The third-order valence-electron chi connectivity index (χ3n) is 4.56. The molecule has 0 aliphatic rings. The van der Waals surface area contributed by atoms with Crippen molar-refractivity contribution in [3.63, 3.8) is 0 Å². The smallest absolute Gasteiger partial charge is 0.337 e. The highest BCUT2D eigenvalue weighted by Gasteiger charge is 2.15. The van der Waals surface area contributed by atoms with Gasteiger partial charge in [-0.2, -0.15) is 0 Å². The van der Waals surface area contributed by atoms with Crippen molar-refractivity contribution in [1.82, 2.24) is 14.9 Å². The van der Waals surface area contributed by atoms with Crippen molar-refractivity contribution in [3.8, 4) is 5.75 Å². The quantitative estimate of drug-likeness (QED) is 0.540. The van der Waals surface area contributed by atoms with E-state index in [-0.39, 0.29) is 18.0 Å². The summed E-state index contributed by atoms with van der Waals surface area (Å²) in [5, 5.41) is 3.39. The van der Waals surface area contributed by atoms with Crippen LogP contribution in [0.25, 0.3) is 22.0 Å². The molecule has 0 spiro atoms. The van der Waals surface area contributed by atoms with Crippen LogP contribution in [-0.4, -0.2) is 22.1 Å². The van der Waals surface area contributed by atoms with Crippen LogP contribution in [0.2, 0.25) is 0 Å². The summed E-state index contributed by atoms with van der Waals surface area (Å²) in [4.78, 5) is 29.2. The number of para-hydroxylation sites is 2. The number of aryl methyl sites for hydroxylation is 1. The highest BCUT2D eigenvalue weighted by Crippen LogP contribution is 2.23. The normalized spacial score (nSPS) is 11.1. The van der Waals surface area contributed by atoms with Crippen LogP contribution in [0.5, 0.6) is 5.75 Å². The largest absolute Gasteiger partial charge is 0.494 e. The molecule has 0 radical (unpaired) electrons. The topological polar surface area (TPSA) is 86.4 Å². The van der Waals surface area contributed by atoms with Gasteiger partial charge in [0, 0.05) is 24.6 Å². The number of carbonyl (C=O) groups excluding carboxylic acids is 1. The summed E-state index contributed by atoms with van der Waals surface area (Å²) in [5.41, 5.74) is 1.83. The molecule has 0 bridgehead atoms. The number of amides is 1. The molecule has 0 fully saturated rings. The van der Waals surface area contributed by atoms with Gasteiger partial charge >= 0.3 is 5.63 Å². The van der Waals surface area contributed by atoms with Crippen molar-refractivity contribution in [2.24, 2.45) is 7.05 Å². The first kappa shape index (κ1) is 17.8. The van der Waals surface area contributed by atoms with Gasteiger partial charge in [-0.1, -0.05) is 12.1 Å². The van der Waals surface area contributed by atoms with Crippen LogP contribution in [0.3, 0.4) is 0 Å². The van der Waals surface area contributed by atoms with E-state index in [1.165, 1.54) is 6.07 Å². The van der Waals surface area contributed by atoms with Crippen molar-refractivity contribution in [2.45, 2.75) is 13.5 Å².